The van der Waals surface area contributed by atoms with Gasteiger partial charge in [-0.05, 0) is 32.1 Å². The van der Waals surface area contributed by atoms with Crippen LogP contribution in [-0.4, -0.2) is 44.0 Å². The van der Waals surface area contributed by atoms with Gasteiger partial charge in [0.2, 0.25) is 0 Å². The van der Waals surface area contributed by atoms with Gasteiger partial charge in [-0.3, -0.25) is 0 Å². The summed E-state index contributed by atoms with van der Waals surface area (Å²) >= 11 is 0. The highest BCUT2D eigenvalue weighted by Gasteiger charge is 2.45. The molecule has 1 rings (SSSR count). The van der Waals surface area contributed by atoms with Crippen LogP contribution in [0.3, 0.4) is 0 Å². The van der Waals surface area contributed by atoms with Gasteiger partial charge >= 0.3 is 8.80 Å². The molecule has 0 aliphatic carbocycles. The first-order valence-electron chi connectivity index (χ1n) is 5.35. The molecule has 1 aromatic heterocycles. The van der Waals surface area contributed by atoms with Gasteiger partial charge in [0.05, 0.1) is 6.20 Å². The third-order valence-electron chi connectivity index (χ3n) is 1.82. The van der Waals surface area contributed by atoms with E-state index in [1.165, 1.54) is 0 Å². The maximum Gasteiger partial charge on any atom is 0.558 e. The van der Waals surface area contributed by atoms with E-state index in [9.17, 15) is 0 Å². The highest BCUT2D eigenvalue weighted by atomic mass is 28.4. The number of aromatic nitrogens is 3. The highest BCUT2D eigenvalue weighted by molar-refractivity contribution is 6.74. The van der Waals surface area contributed by atoms with E-state index >= 15 is 0 Å². The van der Waals surface area contributed by atoms with Crippen molar-refractivity contribution in [1.29, 1.82) is 0 Å². The van der Waals surface area contributed by atoms with Gasteiger partial charge in [0.1, 0.15) is 5.32 Å². The monoisotopic (exact) mass is 243 g/mol. The number of hydrogen-bond acceptors (Lipinski definition) is 6. The zero-order valence-corrected chi connectivity index (χ0v) is 10.8. The lowest BCUT2D eigenvalue weighted by atomic mass is 10.7. The molecular weight excluding hydrogens is 226 g/mol. The summed E-state index contributed by atoms with van der Waals surface area (Å²) in [5.74, 6) is 0. The van der Waals surface area contributed by atoms with Crippen LogP contribution in [0.4, 0.5) is 0 Å². The molecule has 1 heterocycles. The molecule has 0 amide bonds. The fourth-order valence-electron chi connectivity index (χ4n) is 1.32. The fourth-order valence-corrected chi connectivity index (χ4v) is 3.60. The summed E-state index contributed by atoms with van der Waals surface area (Å²) < 4.78 is 17.0. The first-order chi connectivity index (χ1) is 7.79. The van der Waals surface area contributed by atoms with Crippen LogP contribution in [0.15, 0.2) is 12.3 Å². The molecule has 0 fully saturated rings. The molecule has 0 unspecified atom stereocenters. The van der Waals surface area contributed by atoms with Gasteiger partial charge in [0.15, 0.2) is 0 Å². The van der Waals surface area contributed by atoms with E-state index in [4.69, 9.17) is 13.3 Å². The quantitative estimate of drug-likeness (QED) is 0.634. The van der Waals surface area contributed by atoms with Crippen LogP contribution in [0.5, 0.6) is 0 Å². The summed E-state index contributed by atoms with van der Waals surface area (Å²) in [6, 6.07) is 1.72. The summed E-state index contributed by atoms with van der Waals surface area (Å²) in [6.07, 6.45) is 1.56. The summed E-state index contributed by atoms with van der Waals surface area (Å²) in [4.78, 5) is 0. The van der Waals surface area contributed by atoms with Crippen molar-refractivity contribution in [2.45, 2.75) is 20.8 Å². The van der Waals surface area contributed by atoms with Gasteiger partial charge in [-0.25, -0.2) is 0 Å². The first-order valence-corrected chi connectivity index (χ1v) is 7.08. The van der Waals surface area contributed by atoms with Crippen LogP contribution >= 0.6 is 0 Å². The molecular formula is C9H17N3O3Si. The minimum Gasteiger partial charge on any atom is -0.369 e. The maximum absolute atomic E-state index is 5.66. The Hall–Kier alpha value is -0.893. The zero-order valence-electron chi connectivity index (χ0n) is 9.84. The van der Waals surface area contributed by atoms with Crippen molar-refractivity contribution in [3.05, 3.63) is 12.3 Å². The second-order valence-electron chi connectivity index (χ2n) is 2.86. The van der Waals surface area contributed by atoms with E-state index in [0.29, 0.717) is 25.1 Å². The summed E-state index contributed by atoms with van der Waals surface area (Å²) in [6.45, 7) is 7.22. The molecule has 0 bridgehead atoms. The molecule has 1 aromatic rings. The molecule has 0 N–H and O–H groups in total. The molecule has 0 atom stereocenters. The van der Waals surface area contributed by atoms with Crippen LogP contribution in [0.25, 0.3) is 0 Å². The van der Waals surface area contributed by atoms with Gasteiger partial charge in [-0.2, -0.15) is 0 Å². The molecule has 0 spiro atoms. The van der Waals surface area contributed by atoms with E-state index < -0.39 is 8.80 Å². The van der Waals surface area contributed by atoms with E-state index in [1.54, 1.807) is 12.3 Å². The van der Waals surface area contributed by atoms with Crippen molar-refractivity contribution in [2.75, 3.05) is 19.8 Å². The number of nitrogens with zero attached hydrogens (tertiary/aromatic N) is 3. The Bertz CT molecular complexity index is 282. The van der Waals surface area contributed by atoms with Crippen LogP contribution in [-0.2, 0) is 13.3 Å². The molecule has 16 heavy (non-hydrogen) atoms. The van der Waals surface area contributed by atoms with Crippen molar-refractivity contribution >= 4 is 14.1 Å². The molecule has 0 aromatic carbocycles. The molecule has 0 aliphatic rings. The smallest absolute Gasteiger partial charge is 0.369 e. The Morgan fingerprint density at radius 2 is 1.62 bits per heavy atom. The van der Waals surface area contributed by atoms with Crippen LogP contribution in [0.1, 0.15) is 20.8 Å². The average Bonchev–Trinajstić information content (AvgIpc) is 2.31. The van der Waals surface area contributed by atoms with Crippen LogP contribution in [0, 0.1) is 0 Å². The summed E-state index contributed by atoms with van der Waals surface area (Å²) in [5, 5.41) is 11.8. The van der Waals surface area contributed by atoms with Gasteiger partial charge in [0.25, 0.3) is 0 Å². The number of rotatable bonds is 7. The van der Waals surface area contributed by atoms with E-state index in [2.05, 4.69) is 15.4 Å². The summed E-state index contributed by atoms with van der Waals surface area (Å²) in [7, 11) is -2.89. The Kier molecular flexibility index (Phi) is 5.47. The Labute approximate surface area is 96.3 Å². The first kappa shape index (κ1) is 13.2. The third-order valence-corrected chi connectivity index (χ3v) is 4.72. The SMILES string of the molecule is CCO[Si](OCC)(OCC)c1ccnnn1. The predicted molar refractivity (Wildman–Crippen MR) is 60.1 cm³/mol. The van der Waals surface area contributed by atoms with Crippen molar-refractivity contribution in [2.24, 2.45) is 0 Å². The second kappa shape index (κ2) is 6.64. The van der Waals surface area contributed by atoms with E-state index in [0.717, 1.165) is 0 Å². The molecule has 90 valence electrons. The lowest BCUT2D eigenvalue weighted by Crippen LogP contribution is -2.58. The topological polar surface area (TPSA) is 66.4 Å². The van der Waals surface area contributed by atoms with Crippen molar-refractivity contribution in [3.8, 4) is 0 Å². The lowest BCUT2D eigenvalue weighted by Gasteiger charge is -2.26. The minimum atomic E-state index is -2.89. The third kappa shape index (κ3) is 3.05. The largest absolute Gasteiger partial charge is 0.558 e. The molecule has 0 radical (unpaired) electrons. The molecule has 6 nitrogen and oxygen atoms in total. The predicted octanol–water partition coefficient (Wildman–Crippen LogP) is 0.127. The summed E-state index contributed by atoms with van der Waals surface area (Å²) in [5.41, 5.74) is 0. The van der Waals surface area contributed by atoms with E-state index in [1.807, 2.05) is 20.8 Å². The van der Waals surface area contributed by atoms with Crippen molar-refractivity contribution in [1.82, 2.24) is 15.4 Å². The van der Waals surface area contributed by atoms with Gasteiger partial charge < -0.3 is 13.3 Å². The van der Waals surface area contributed by atoms with Gasteiger partial charge in [-0.15, -0.1) is 10.2 Å². The lowest BCUT2D eigenvalue weighted by molar-refractivity contribution is 0.0847. The van der Waals surface area contributed by atoms with E-state index in [-0.39, 0.29) is 0 Å². The molecule has 0 saturated heterocycles. The minimum absolute atomic E-state index is 0.510. The normalized spacial score (nSPS) is 11.7. The van der Waals surface area contributed by atoms with Crippen LogP contribution in [0.2, 0.25) is 0 Å². The standard InChI is InChI=1S/C9H17N3O3Si/c1-4-13-16(14-5-2,15-6-3)9-7-8-10-12-11-9/h7-8H,4-6H2,1-3H3. The number of hydrogen-bond donors (Lipinski definition) is 0. The molecule has 7 heteroatoms. The fraction of sp³-hybridized carbons (Fsp3) is 0.667. The Morgan fingerprint density at radius 1 is 1.06 bits per heavy atom. The molecule has 0 aliphatic heterocycles. The van der Waals surface area contributed by atoms with Crippen molar-refractivity contribution in [3.63, 3.8) is 0 Å². The Balaban J connectivity index is 2.99. The molecule has 0 saturated carbocycles. The Morgan fingerprint density at radius 3 is 2.00 bits per heavy atom. The van der Waals surface area contributed by atoms with Gasteiger partial charge in [-0.1, -0.05) is 0 Å². The maximum atomic E-state index is 5.66. The highest BCUT2D eigenvalue weighted by Crippen LogP contribution is 2.08. The second-order valence-corrected chi connectivity index (χ2v) is 5.35. The van der Waals surface area contributed by atoms with Crippen LogP contribution < -0.4 is 5.32 Å². The van der Waals surface area contributed by atoms with Gasteiger partial charge in [0, 0.05) is 19.8 Å². The average molecular weight is 243 g/mol. The zero-order chi connectivity index (χ0) is 11.9. The van der Waals surface area contributed by atoms with Crippen molar-refractivity contribution < 1.29 is 13.3 Å².